The zero-order valence-electron chi connectivity index (χ0n) is 12.7. The first-order valence-electron chi connectivity index (χ1n) is 6.42. The molecule has 0 saturated heterocycles. The Balaban J connectivity index is 4.97. The quantitative estimate of drug-likeness (QED) is 0.669. The Morgan fingerprint density at radius 3 is 1.94 bits per heavy atom. The van der Waals surface area contributed by atoms with Crippen molar-refractivity contribution in [1.29, 1.82) is 0 Å². The fourth-order valence-corrected chi connectivity index (χ4v) is 3.12. The molecule has 2 atom stereocenters. The van der Waals surface area contributed by atoms with E-state index in [0.29, 0.717) is 5.92 Å². The van der Waals surface area contributed by atoms with Crippen LogP contribution in [0.5, 0.6) is 0 Å². The smallest absolute Gasteiger partial charge is 0.0620 e. The Morgan fingerprint density at radius 1 is 1.11 bits per heavy atom. The molecule has 0 aliphatic carbocycles. The largest absolute Gasteiger partial charge is 0.390 e. The predicted molar refractivity (Wildman–Crippen MR) is 84.8 cm³/mol. The highest BCUT2D eigenvalue weighted by atomic mass is 32.2. The van der Waals surface area contributed by atoms with Crippen LogP contribution in [-0.2, 0) is 0 Å². The Labute approximate surface area is 117 Å². The van der Waals surface area contributed by atoms with Crippen molar-refractivity contribution in [2.75, 3.05) is 0 Å². The van der Waals surface area contributed by atoms with Crippen LogP contribution in [0.15, 0.2) is 36.3 Å². The van der Waals surface area contributed by atoms with E-state index < -0.39 is 5.60 Å². The molecule has 0 fully saturated rings. The Bertz CT molecular complexity index is 320. The molecule has 0 aliphatic rings. The SMILES string of the molecule is C=C/C=C(\C=C)SC(C)(C)C(C)C(C)C(C)(C)O. The summed E-state index contributed by atoms with van der Waals surface area (Å²) < 4.78 is 0.0302. The summed E-state index contributed by atoms with van der Waals surface area (Å²) in [6, 6.07) is 0. The normalized spacial score (nSPS) is 17.2. The summed E-state index contributed by atoms with van der Waals surface area (Å²) in [6.07, 6.45) is 5.61. The van der Waals surface area contributed by atoms with Crippen molar-refractivity contribution in [2.24, 2.45) is 11.8 Å². The lowest BCUT2D eigenvalue weighted by Crippen LogP contribution is -2.41. The van der Waals surface area contributed by atoms with Gasteiger partial charge < -0.3 is 5.11 Å². The van der Waals surface area contributed by atoms with Crippen molar-refractivity contribution in [1.82, 2.24) is 0 Å². The molecule has 0 saturated carbocycles. The minimum Gasteiger partial charge on any atom is -0.390 e. The van der Waals surface area contributed by atoms with Crippen molar-refractivity contribution in [3.8, 4) is 0 Å². The lowest BCUT2D eigenvalue weighted by molar-refractivity contribution is -0.00382. The van der Waals surface area contributed by atoms with Crippen LogP contribution in [0.25, 0.3) is 0 Å². The topological polar surface area (TPSA) is 20.2 Å². The highest BCUT2D eigenvalue weighted by Crippen LogP contribution is 2.43. The van der Waals surface area contributed by atoms with E-state index in [-0.39, 0.29) is 10.7 Å². The van der Waals surface area contributed by atoms with Gasteiger partial charge in [0.2, 0.25) is 0 Å². The number of allylic oxidation sites excluding steroid dienone is 3. The molecule has 0 spiro atoms. The van der Waals surface area contributed by atoms with Gasteiger partial charge in [-0.25, -0.2) is 0 Å². The number of aliphatic hydroxyl groups is 1. The standard InChI is InChI=1S/C16H28OS/c1-9-11-14(10-2)18-16(7,8)13(4)12(3)15(5,6)17/h9-13,17H,1-2H2,3-8H3/b14-11+. The van der Waals surface area contributed by atoms with Crippen LogP contribution in [0, 0.1) is 11.8 Å². The molecule has 0 aromatic carbocycles. The Morgan fingerprint density at radius 2 is 1.61 bits per heavy atom. The first-order chi connectivity index (χ1) is 8.06. The summed E-state index contributed by atoms with van der Waals surface area (Å²) in [4.78, 5) is 1.12. The zero-order chi connectivity index (χ0) is 14.6. The Kier molecular flexibility index (Phi) is 6.45. The second kappa shape index (κ2) is 6.63. The van der Waals surface area contributed by atoms with Gasteiger partial charge in [-0.1, -0.05) is 53.0 Å². The van der Waals surface area contributed by atoms with Gasteiger partial charge in [0.05, 0.1) is 5.60 Å². The third kappa shape index (κ3) is 5.03. The van der Waals surface area contributed by atoms with Gasteiger partial charge >= 0.3 is 0 Å². The maximum absolute atomic E-state index is 10.2. The fourth-order valence-electron chi connectivity index (χ4n) is 1.87. The first kappa shape index (κ1) is 17.5. The molecular weight excluding hydrogens is 240 g/mol. The lowest BCUT2D eigenvalue weighted by atomic mass is 9.77. The number of rotatable bonds is 7. The molecule has 0 rings (SSSR count). The maximum atomic E-state index is 10.2. The van der Waals surface area contributed by atoms with Crippen LogP contribution in [0.1, 0.15) is 41.5 Å². The molecule has 2 unspecified atom stereocenters. The second-order valence-electron chi connectivity index (χ2n) is 5.95. The average molecular weight is 268 g/mol. The van der Waals surface area contributed by atoms with E-state index in [0.717, 1.165) is 4.91 Å². The highest BCUT2D eigenvalue weighted by Gasteiger charge is 2.37. The van der Waals surface area contributed by atoms with Gasteiger partial charge in [0.25, 0.3) is 0 Å². The molecule has 18 heavy (non-hydrogen) atoms. The fraction of sp³-hybridized carbons (Fsp3) is 0.625. The number of thioether (sulfide) groups is 1. The van der Waals surface area contributed by atoms with Crippen LogP contribution < -0.4 is 0 Å². The van der Waals surface area contributed by atoms with Gasteiger partial charge in [0, 0.05) is 9.65 Å². The molecule has 2 heteroatoms. The van der Waals surface area contributed by atoms with Gasteiger partial charge in [-0.3, -0.25) is 0 Å². The predicted octanol–water partition coefficient (Wildman–Crippen LogP) is 4.80. The summed E-state index contributed by atoms with van der Waals surface area (Å²) in [5.41, 5.74) is -0.659. The zero-order valence-corrected chi connectivity index (χ0v) is 13.5. The van der Waals surface area contributed by atoms with Crippen LogP contribution in [0.3, 0.4) is 0 Å². The van der Waals surface area contributed by atoms with E-state index in [1.54, 1.807) is 17.8 Å². The van der Waals surface area contributed by atoms with Crippen LogP contribution in [0.4, 0.5) is 0 Å². The molecule has 0 bridgehead atoms. The summed E-state index contributed by atoms with van der Waals surface area (Å²) in [6.45, 7) is 20.0. The average Bonchev–Trinajstić information content (AvgIpc) is 2.24. The van der Waals surface area contributed by atoms with Crippen LogP contribution >= 0.6 is 11.8 Å². The minimum atomic E-state index is -0.659. The van der Waals surface area contributed by atoms with Gasteiger partial charge in [0.1, 0.15) is 0 Å². The highest BCUT2D eigenvalue weighted by molar-refractivity contribution is 8.04. The van der Waals surface area contributed by atoms with Gasteiger partial charge in [-0.2, -0.15) is 0 Å². The molecule has 1 nitrogen and oxygen atoms in total. The third-order valence-corrected chi connectivity index (χ3v) is 5.26. The molecule has 1 N–H and O–H groups in total. The summed E-state index contributed by atoms with van der Waals surface area (Å²) in [5, 5.41) is 10.2. The van der Waals surface area contributed by atoms with Gasteiger partial charge in [0.15, 0.2) is 0 Å². The van der Waals surface area contributed by atoms with E-state index in [1.165, 1.54) is 0 Å². The van der Waals surface area contributed by atoms with E-state index in [2.05, 4.69) is 40.9 Å². The first-order valence-corrected chi connectivity index (χ1v) is 7.24. The molecule has 0 amide bonds. The molecule has 0 aromatic heterocycles. The molecule has 0 aromatic rings. The van der Waals surface area contributed by atoms with Crippen LogP contribution in [0.2, 0.25) is 0 Å². The van der Waals surface area contributed by atoms with Crippen molar-refractivity contribution in [3.05, 3.63) is 36.3 Å². The molecule has 104 valence electrons. The van der Waals surface area contributed by atoms with E-state index >= 15 is 0 Å². The summed E-state index contributed by atoms with van der Waals surface area (Å²) in [5.74, 6) is 0.588. The van der Waals surface area contributed by atoms with E-state index in [1.807, 2.05) is 26.0 Å². The van der Waals surface area contributed by atoms with Crippen LogP contribution in [-0.4, -0.2) is 15.5 Å². The number of hydrogen-bond donors (Lipinski definition) is 1. The lowest BCUT2D eigenvalue weighted by Gasteiger charge is -2.40. The molecular formula is C16H28OS. The van der Waals surface area contributed by atoms with E-state index in [4.69, 9.17) is 0 Å². The maximum Gasteiger partial charge on any atom is 0.0620 e. The molecule has 0 radical (unpaired) electrons. The second-order valence-corrected chi connectivity index (χ2v) is 7.67. The Hall–Kier alpha value is -0.470. The van der Waals surface area contributed by atoms with Crippen molar-refractivity contribution < 1.29 is 5.11 Å². The summed E-state index contributed by atoms with van der Waals surface area (Å²) >= 11 is 1.78. The third-order valence-electron chi connectivity index (χ3n) is 3.83. The van der Waals surface area contributed by atoms with Crippen molar-refractivity contribution >= 4 is 11.8 Å². The number of hydrogen-bond acceptors (Lipinski definition) is 2. The van der Waals surface area contributed by atoms with Crippen molar-refractivity contribution in [2.45, 2.75) is 51.9 Å². The van der Waals surface area contributed by atoms with Gasteiger partial charge in [-0.05, 0) is 31.8 Å². The molecule has 0 heterocycles. The van der Waals surface area contributed by atoms with E-state index in [9.17, 15) is 5.11 Å². The van der Waals surface area contributed by atoms with Gasteiger partial charge in [-0.15, -0.1) is 11.8 Å². The van der Waals surface area contributed by atoms with Crippen molar-refractivity contribution in [3.63, 3.8) is 0 Å². The monoisotopic (exact) mass is 268 g/mol. The summed E-state index contributed by atoms with van der Waals surface area (Å²) in [7, 11) is 0. The minimum absolute atomic E-state index is 0.0302. The molecule has 0 aliphatic heterocycles.